The Balaban J connectivity index is 1.78. The van der Waals surface area contributed by atoms with Crippen molar-refractivity contribution in [3.05, 3.63) is 23.3 Å². The maximum Gasteiger partial charge on any atom is 0.303 e. The lowest BCUT2D eigenvalue weighted by Crippen LogP contribution is -2.30. The number of rotatable bonds is 5. The van der Waals surface area contributed by atoms with Crippen molar-refractivity contribution in [2.75, 3.05) is 0 Å². The molecule has 0 spiro atoms. The number of thiophene rings is 1. The Kier molecular flexibility index (Phi) is 4.05. The van der Waals surface area contributed by atoms with Gasteiger partial charge in [-0.1, -0.05) is 25.3 Å². The van der Waals surface area contributed by atoms with E-state index in [-0.39, 0.29) is 11.8 Å². The van der Waals surface area contributed by atoms with Gasteiger partial charge < -0.3 is 5.11 Å². The number of nitrogens with one attached hydrogen (secondary N) is 1. The minimum Gasteiger partial charge on any atom is -0.481 e. The van der Waals surface area contributed by atoms with Crippen LogP contribution in [0.2, 0.25) is 0 Å². The quantitative estimate of drug-likeness (QED) is 0.886. The highest BCUT2D eigenvalue weighted by Gasteiger charge is 2.35. The Morgan fingerprint density at radius 2 is 2.19 bits per heavy atom. The van der Waals surface area contributed by atoms with E-state index in [2.05, 4.69) is 15.2 Å². The van der Waals surface area contributed by atoms with Gasteiger partial charge in [-0.2, -0.15) is 5.10 Å². The van der Waals surface area contributed by atoms with Crippen LogP contribution in [0.4, 0.5) is 0 Å². The molecule has 6 heteroatoms. The second kappa shape index (κ2) is 5.97. The number of H-pyrrole nitrogens is 1. The fourth-order valence-corrected chi connectivity index (χ4v) is 3.94. The maximum atomic E-state index is 11.2. The van der Waals surface area contributed by atoms with Crippen molar-refractivity contribution in [1.82, 2.24) is 15.2 Å². The molecule has 0 aromatic carbocycles. The number of hydrogen-bond donors (Lipinski definition) is 2. The molecule has 2 N–H and O–H groups in total. The Labute approximate surface area is 127 Å². The average molecular weight is 305 g/mol. The molecule has 2 aromatic heterocycles. The molecule has 0 atom stereocenters. The first kappa shape index (κ1) is 14.3. The summed E-state index contributed by atoms with van der Waals surface area (Å²) in [7, 11) is 0. The predicted molar refractivity (Wildman–Crippen MR) is 81.2 cm³/mol. The second-order valence-electron chi connectivity index (χ2n) is 5.89. The molecular formula is C15H19N3O2S. The summed E-state index contributed by atoms with van der Waals surface area (Å²) in [6, 6.07) is 3.97. The molecule has 2 heterocycles. The van der Waals surface area contributed by atoms with E-state index in [4.69, 9.17) is 0 Å². The van der Waals surface area contributed by atoms with Crippen LogP contribution in [0.1, 0.15) is 44.3 Å². The number of aliphatic carboxylic acids is 1. The number of carboxylic acids is 1. The predicted octanol–water partition coefficient (Wildman–Crippen LogP) is 3.50. The van der Waals surface area contributed by atoms with Gasteiger partial charge in [-0.05, 0) is 29.7 Å². The second-order valence-corrected chi connectivity index (χ2v) is 6.84. The van der Waals surface area contributed by atoms with Gasteiger partial charge in [0.1, 0.15) is 5.82 Å². The van der Waals surface area contributed by atoms with E-state index < -0.39 is 5.97 Å². The van der Waals surface area contributed by atoms with Gasteiger partial charge >= 0.3 is 5.97 Å². The molecule has 0 amide bonds. The summed E-state index contributed by atoms with van der Waals surface area (Å²) in [5.41, 5.74) is -0.156. The van der Waals surface area contributed by atoms with E-state index in [0.717, 1.165) is 36.4 Å². The van der Waals surface area contributed by atoms with Crippen LogP contribution in [-0.4, -0.2) is 26.3 Å². The van der Waals surface area contributed by atoms with Crippen molar-refractivity contribution in [3.63, 3.8) is 0 Å². The molecule has 0 aliphatic heterocycles. The Morgan fingerprint density at radius 3 is 2.86 bits per heavy atom. The van der Waals surface area contributed by atoms with Crippen molar-refractivity contribution in [1.29, 1.82) is 0 Å². The summed E-state index contributed by atoms with van der Waals surface area (Å²) in [5.74, 6) is 0.803. The Hall–Kier alpha value is -1.69. The van der Waals surface area contributed by atoms with Crippen LogP contribution in [0.25, 0.3) is 10.7 Å². The molecular weight excluding hydrogens is 286 g/mol. The highest BCUT2D eigenvalue weighted by atomic mass is 32.1. The van der Waals surface area contributed by atoms with Crippen LogP contribution >= 0.6 is 11.3 Å². The van der Waals surface area contributed by atoms with E-state index in [9.17, 15) is 9.90 Å². The average Bonchev–Trinajstić information content (AvgIpc) is 3.09. The van der Waals surface area contributed by atoms with Gasteiger partial charge in [0.05, 0.1) is 11.3 Å². The van der Waals surface area contributed by atoms with E-state index in [1.165, 1.54) is 6.42 Å². The van der Waals surface area contributed by atoms with Gasteiger partial charge in [-0.3, -0.25) is 9.89 Å². The lowest BCUT2D eigenvalue weighted by Gasteiger charge is -2.35. The largest absolute Gasteiger partial charge is 0.481 e. The molecule has 0 radical (unpaired) electrons. The zero-order valence-corrected chi connectivity index (χ0v) is 12.7. The zero-order valence-electron chi connectivity index (χ0n) is 11.8. The molecule has 0 bridgehead atoms. The summed E-state index contributed by atoms with van der Waals surface area (Å²) in [6.45, 7) is 0. The third-order valence-corrected chi connectivity index (χ3v) is 5.12. The lowest BCUT2D eigenvalue weighted by atomic mass is 9.69. The smallest absolute Gasteiger partial charge is 0.303 e. The van der Waals surface area contributed by atoms with E-state index >= 15 is 0 Å². The molecule has 0 unspecified atom stereocenters. The molecule has 1 fully saturated rings. The lowest BCUT2D eigenvalue weighted by molar-refractivity contribution is -0.140. The van der Waals surface area contributed by atoms with Crippen molar-refractivity contribution in [2.45, 2.75) is 44.9 Å². The Morgan fingerprint density at radius 1 is 1.38 bits per heavy atom. The number of aromatic amines is 1. The third-order valence-electron chi connectivity index (χ3n) is 4.26. The number of hydrogen-bond acceptors (Lipinski definition) is 4. The molecule has 1 aliphatic rings. The summed E-state index contributed by atoms with van der Waals surface area (Å²) in [5, 5.41) is 18.5. The molecule has 21 heavy (non-hydrogen) atoms. The van der Waals surface area contributed by atoms with Crippen LogP contribution in [-0.2, 0) is 11.2 Å². The number of aromatic nitrogens is 3. The topological polar surface area (TPSA) is 78.9 Å². The Bertz CT molecular complexity index is 600. The van der Waals surface area contributed by atoms with E-state index in [1.807, 2.05) is 17.5 Å². The van der Waals surface area contributed by atoms with Gasteiger partial charge in [0.25, 0.3) is 0 Å². The minimum absolute atomic E-state index is 0.156. The summed E-state index contributed by atoms with van der Waals surface area (Å²) in [6.07, 6.45) is 6.26. The SMILES string of the molecule is O=C(O)CC1(Cc2nc(-c3cccs3)n[nH]2)CCCCC1. The maximum absolute atomic E-state index is 11.2. The third kappa shape index (κ3) is 3.32. The first-order valence-electron chi connectivity index (χ1n) is 7.34. The normalized spacial score (nSPS) is 17.7. The van der Waals surface area contributed by atoms with E-state index in [0.29, 0.717) is 12.2 Å². The van der Waals surface area contributed by atoms with Crippen molar-refractivity contribution < 1.29 is 9.90 Å². The molecule has 0 saturated heterocycles. The van der Waals surface area contributed by atoms with Crippen LogP contribution in [0, 0.1) is 5.41 Å². The molecule has 3 rings (SSSR count). The first-order chi connectivity index (χ1) is 10.2. The van der Waals surface area contributed by atoms with Gasteiger partial charge in [-0.15, -0.1) is 11.3 Å². The fourth-order valence-electron chi connectivity index (χ4n) is 3.28. The number of carboxylic acid groups (broad SMARTS) is 1. The summed E-state index contributed by atoms with van der Waals surface area (Å²) in [4.78, 5) is 16.8. The van der Waals surface area contributed by atoms with Gasteiger partial charge in [0, 0.05) is 6.42 Å². The molecule has 2 aromatic rings. The molecule has 112 valence electrons. The monoisotopic (exact) mass is 305 g/mol. The van der Waals surface area contributed by atoms with E-state index in [1.54, 1.807) is 11.3 Å². The molecule has 5 nitrogen and oxygen atoms in total. The van der Waals surface area contributed by atoms with Gasteiger partial charge in [-0.25, -0.2) is 4.98 Å². The number of nitrogens with zero attached hydrogens (tertiary/aromatic N) is 2. The van der Waals surface area contributed by atoms with Crippen LogP contribution < -0.4 is 0 Å². The number of carbonyl (C=O) groups is 1. The standard InChI is InChI=1S/C15H19N3O2S/c19-13(20)10-15(6-2-1-3-7-15)9-12-16-14(18-17-12)11-5-4-8-21-11/h4-5,8H,1-3,6-7,9-10H2,(H,19,20)(H,16,17,18). The molecule has 1 aliphatic carbocycles. The van der Waals surface area contributed by atoms with Crippen molar-refractivity contribution in [2.24, 2.45) is 5.41 Å². The van der Waals surface area contributed by atoms with Crippen molar-refractivity contribution >= 4 is 17.3 Å². The fraction of sp³-hybridized carbons (Fsp3) is 0.533. The van der Waals surface area contributed by atoms with Crippen LogP contribution in [0.3, 0.4) is 0 Å². The first-order valence-corrected chi connectivity index (χ1v) is 8.22. The highest BCUT2D eigenvalue weighted by Crippen LogP contribution is 2.41. The van der Waals surface area contributed by atoms with Crippen molar-refractivity contribution in [3.8, 4) is 10.7 Å². The van der Waals surface area contributed by atoms with Crippen LogP contribution in [0.5, 0.6) is 0 Å². The summed E-state index contributed by atoms with van der Waals surface area (Å²) >= 11 is 1.61. The molecule has 1 saturated carbocycles. The summed E-state index contributed by atoms with van der Waals surface area (Å²) < 4.78 is 0. The minimum atomic E-state index is -0.713. The van der Waals surface area contributed by atoms with Crippen LogP contribution in [0.15, 0.2) is 17.5 Å². The van der Waals surface area contributed by atoms with Gasteiger partial charge in [0.15, 0.2) is 5.82 Å². The van der Waals surface area contributed by atoms with Gasteiger partial charge in [0.2, 0.25) is 0 Å². The zero-order chi connectivity index (χ0) is 14.7. The highest BCUT2D eigenvalue weighted by molar-refractivity contribution is 7.13.